The molecule has 2 rings (SSSR count). The fourth-order valence-corrected chi connectivity index (χ4v) is 2.41. The number of aromatic nitrogens is 3. The smallest absolute Gasteiger partial charge is 0.143 e. The Morgan fingerprint density at radius 3 is 2.82 bits per heavy atom. The predicted octanol–water partition coefficient (Wildman–Crippen LogP) is 1.91. The van der Waals surface area contributed by atoms with Crippen LogP contribution in [0.1, 0.15) is 17.2 Å². The molecule has 0 aliphatic rings. The summed E-state index contributed by atoms with van der Waals surface area (Å²) in [5.41, 5.74) is 0.934. The van der Waals surface area contributed by atoms with Crippen molar-refractivity contribution in [3.8, 4) is 0 Å². The van der Waals surface area contributed by atoms with Crippen LogP contribution in [0.25, 0.3) is 0 Å². The standard InChI is InChI=1S/C12H15N3OS/c1-9-13-14-12(15(9)2)8-17-11-5-3-4-10(6-11)7-16/h3-6,16H,7-8H2,1-2H3. The third kappa shape index (κ3) is 2.87. The van der Waals surface area contributed by atoms with Gasteiger partial charge in [0.2, 0.25) is 0 Å². The number of hydrogen-bond acceptors (Lipinski definition) is 4. The van der Waals surface area contributed by atoms with Crippen LogP contribution in [0.4, 0.5) is 0 Å². The van der Waals surface area contributed by atoms with Gasteiger partial charge >= 0.3 is 0 Å². The maximum atomic E-state index is 9.06. The SMILES string of the molecule is Cc1nnc(CSc2cccc(CO)c2)n1C. The predicted molar refractivity (Wildman–Crippen MR) is 67.7 cm³/mol. The van der Waals surface area contributed by atoms with Crippen molar-refractivity contribution in [3.05, 3.63) is 41.5 Å². The number of benzene rings is 1. The normalized spacial score (nSPS) is 10.8. The number of hydrogen-bond donors (Lipinski definition) is 1. The molecule has 1 heterocycles. The molecule has 0 aliphatic carbocycles. The molecule has 0 fully saturated rings. The highest BCUT2D eigenvalue weighted by atomic mass is 32.2. The van der Waals surface area contributed by atoms with E-state index in [4.69, 9.17) is 5.11 Å². The summed E-state index contributed by atoms with van der Waals surface area (Å²) in [5.74, 6) is 2.67. The van der Waals surface area contributed by atoms with Crippen LogP contribution in [0, 0.1) is 6.92 Å². The van der Waals surface area contributed by atoms with Crippen LogP contribution in [0.2, 0.25) is 0 Å². The Bertz CT molecular complexity index is 510. The summed E-state index contributed by atoms with van der Waals surface area (Å²) >= 11 is 1.70. The van der Waals surface area contributed by atoms with Gasteiger partial charge in [0.15, 0.2) is 0 Å². The molecule has 0 saturated heterocycles. The van der Waals surface area contributed by atoms with E-state index in [1.807, 2.05) is 42.8 Å². The average molecular weight is 249 g/mol. The van der Waals surface area contributed by atoms with Gasteiger partial charge in [-0.1, -0.05) is 12.1 Å². The summed E-state index contributed by atoms with van der Waals surface area (Å²) < 4.78 is 1.99. The molecule has 0 aliphatic heterocycles. The lowest BCUT2D eigenvalue weighted by molar-refractivity contribution is 0.281. The number of aryl methyl sites for hydroxylation is 1. The van der Waals surface area contributed by atoms with E-state index in [0.29, 0.717) is 0 Å². The number of rotatable bonds is 4. The Balaban J connectivity index is 2.04. The molecule has 1 N–H and O–H groups in total. The van der Waals surface area contributed by atoms with Crippen molar-refractivity contribution >= 4 is 11.8 Å². The molecular formula is C12H15N3OS. The van der Waals surface area contributed by atoms with Gasteiger partial charge < -0.3 is 9.67 Å². The van der Waals surface area contributed by atoms with E-state index >= 15 is 0 Å². The minimum absolute atomic E-state index is 0.0808. The topological polar surface area (TPSA) is 50.9 Å². The second-order valence-corrected chi connectivity index (χ2v) is 4.87. The van der Waals surface area contributed by atoms with Crippen molar-refractivity contribution in [2.45, 2.75) is 24.2 Å². The quantitative estimate of drug-likeness (QED) is 0.841. The van der Waals surface area contributed by atoms with E-state index in [1.165, 1.54) is 0 Å². The van der Waals surface area contributed by atoms with Crippen molar-refractivity contribution in [1.82, 2.24) is 14.8 Å². The molecule has 0 spiro atoms. The maximum Gasteiger partial charge on any atom is 0.143 e. The van der Waals surface area contributed by atoms with Gasteiger partial charge in [-0.3, -0.25) is 0 Å². The number of aliphatic hydroxyl groups excluding tert-OH is 1. The van der Waals surface area contributed by atoms with Crippen LogP contribution in [0.5, 0.6) is 0 Å². The van der Waals surface area contributed by atoms with Gasteiger partial charge in [0.25, 0.3) is 0 Å². The van der Waals surface area contributed by atoms with Crippen LogP contribution in [-0.4, -0.2) is 19.9 Å². The van der Waals surface area contributed by atoms with E-state index in [2.05, 4.69) is 10.2 Å². The van der Waals surface area contributed by atoms with Crippen molar-refractivity contribution in [2.75, 3.05) is 0 Å². The van der Waals surface area contributed by atoms with Crippen molar-refractivity contribution in [1.29, 1.82) is 0 Å². The molecule has 0 radical (unpaired) electrons. The zero-order chi connectivity index (χ0) is 12.3. The molecule has 4 nitrogen and oxygen atoms in total. The maximum absolute atomic E-state index is 9.06. The highest BCUT2D eigenvalue weighted by Gasteiger charge is 2.05. The molecule has 1 aromatic carbocycles. The minimum Gasteiger partial charge on any atom is -0.392 e. The van der Waals surface area contributed by atoms with Gasteiger partial charge in [0, 0.05) is 11.9 Å². The first-order valence-electron chi connectivity index (χ1n) is 5.38. The molecule has 0 saturated carbocycles. The first kappa shape index (κ1) is 12.1. The lowest BCUT2D eigenvalue weighted by Crippen LogP contribution is -1.97. The summed E-state index contributed by atoms with van der Waals surface area (Å²) in [7, 11) is 1.97. The Labute approximate surface area is 105 Å². The van der Waals surface area contributed by atoms with Gasteiger partial charge in [-0.15, -0.1) is 22.0 Å². The van der Waals surface area contributed by atoms with Crippen LogP contribution in [0.15, 0.2) is 29.2 Å². The Hall–Kier alpha value is -1.33. The molecule has 0 unspecified atom stereocenters. The summed E-state index contributed by atoms with van der Waals surface area (Å²) in [5, 5.41) is 17.2. The number of thioether (sulfide) groups is 1. The summed E-state index contributed by atoms with van der Waals surface area (Å²) in [6, 6.07) is 7.90. The van der Waals surface area contributed by atoms with Gasteiger partial charge in [0.1, 0.15) is 11.6 Å². The second-order valence-electron chi connectivity index (χ2n) is 3.82. The lowest BCUT2D eigenvalue weighted by atomic mass is 10.2. The van der Waals surface area contributed by atoms with Crippen molar-refractivity contribution in [2.24, 2.45) is 7.05 Å². The van der Waals surface area contributed by atoms with Gasteiger partial charge in [-0.2, -0.15) is 0 Å². The fourth-order valence-electron chi connectivity index (χ4n) is 1.46. The molecule has 5 heteroatoms. The third-order valence-electron chi connectivity index (χ3n) is 2.63. The zero-order valence-corrected chi connectivity index (χ0v) is 10.7. The largest absolute Gasteiger partial charge is 0.392 e. The van der Waals surface area contributed by atoms with E-state index in [9.17, 15) is 0 Å². The summed E-state index contributed by atoms with van der Waals surface area (Å²) in [6.45, 7) is 2.02. The van der Waals surface area contributed by atoms with E-state index in [-0.39, 0.29) is 6.61 Å². The van der Waals surface area contributed by atoms with Crippen LogP contribution >= 0.6 is 11.8 Å². The zero-order valence-electron chi connectivity index (χ0n) is 9.92. The first-order valence-corrected chi connectivity index (χ1v) is 6.36. The third-order valence-corrected chi connectivity index (χ3v) is 3.62. The molecule has 17 heavy (non-hydrogen) atoms. The van der Waals surface area contributed by atoms with Gasteiger partial charge in [-0.05, 0) is 24.6 Å². The molecular weight excluding hydrogens is 234 g/mol. The monoisotopic (exact) mass is 249 g/mol. The molecule has 0 bridgehead atoms. The van der Waals surface area contributed by atoms with Gasteiger partial charge in [-0.25, -0.2) is 0 Å². The Morgan fingerprint density at radius 2 is 2.18 bits per heavy atom. The van der Waals surface area contributed by atoms with E-state index in [1.54, 1.807) is 11.8 Å². The highest BCUT2D eigenvalue weighted by molar-refractivity contribution is 7.98. The molecule has 0 amide bonds. The summed E-state index contributed by atoms with van der Waals surface area (Å²) in [6.07, 6.45) is 0. The second kappa shape index (κ2) is 5.33. The summed E-state index contributed by atoms with van der Waals surface area (Å²) in [4.78, 5) is 1.14. The molecule has 90 valence electrons. The highest BCUT2D eigenvalue weighted by Crippen LogP contribution is 2.22. The number of nitrogens with zero attached hydrogens (tertiary/aromatic N) is 3. The van der Waals surface area contributed by atoms with Crippen molar-refractivity contribution < 1.29 is 5.11 Å². The first-order chi connectivity index (χ1) is 8.20. The molecule has 0 atom stereocenters. The van der Waals surface area contributed by atoms with Crippen LogP contribution < -0.4 is 0 Å². The number of aliphatic hydroxyl groups is 1. The van der Waals surface area contributed by atoms with Gasteiger partial charge in [0.05, 0.1) is 12.4 Å². The molecule has 2 aromatic rings. The van der Waals surface area contributed by atoms with E-state index in [0.717, 1.165) is 27.9 Å². The Kier molecular flexibility index (Phi) is 3.81. The van der Waals surface area contributed by atoms with Crippen molar-refractivity contribution in [3.63, 3.8) is 0 Å². The van der Waals surface area contributed by atoms with Crippen LogP contribution in [-0.2, 0) is 19.4 Å². The molecule has 1 aromatic heterocycles. The minimum atomic E-state index is 0.0808. The average Bonchev–Trinajstić information content (AvgIpc) is 2.68. The van der Waals surface area contributed by atoms with E-state index < -0.39 is 0 Å². The van der Waals surface area contributed by atoms with Crippen LogP contribution in [0.3, 0.4) is 0 Å². The lowest BCUT2D eigenvalue weighted by Gasteiger charge is -2.03. The fraction of sp³-hybridized carbons (Fsp3) is 0.333. The Morgan fingerprint density at radius 1 is 1.35 bits per heavy atom.